The second kappa shape index (κ2) is 5.61. The fraction of sp³-hybridized carbons (Fsp3) is 0.812. The Morgan fingerprint density at radius 2 is 1.90 bits per heavy atom. The van der Waals surface area contributed by atoms with Crippen LogP contribution in [0.2, 0.25) is 0 Å². The van der Waals surface area contributed by atoms with Gasteiger partial charge in [-0.1, -0.05) is 0 Å². The molecule has 2 saturated heterocycles. The molecule has 2 aliphatic rings. The number of piperidine rings is 1. The van der Waals surface area contributed by atoms with Gasteiger partial charge in [-0.2, -0.15) is 5.10 Å². The van der Waals surface area contributed by atoms with Crippen molar-refractivity contribution in [2.24, 2.45) is 5.92 Å². The molecule has 5 nitrogen and oxygen atoms in total. The van der Waals surface area contributed by atoms with E-state index in [-0.39, 0.29) is 6.04 Å². The highest BCUT2D eigenvalue weighted by Crippen LogP contribution is 2.44. The van der Waals surface area contributed by atoms with E-state index in [1.54, 1.807) is 13.3 Å². The first kappa shape index (κ1) is 14.9. The quantitative estimate of drug-likeness (QED) is 0.926. The van der Waals surface area contributed by atoms with Crippen LogP contribution in [0.4, 0.5) is 0 Å². The molecule has 0 amide bonds. The number of rotatable bonds is 4. The van der Waals surface area contributed by atoms with Crippen molar-refractivity contribution in [2.75, 3.05) is 14.2 Å². The number of fused-ring (bicyclic) bond motifs is 2. The van der Waals surface area contributed by atoms with Gasteiger partial charge in [-0.05, 0) is 52.5 Å². The largest absolute Gasteiger partial charge is 0.493 e. The van der Waals surface area contributed by atoms with E-state index in [9.17, 15) is 5.11 Å². The maximum Gasteiger partial charge on any atom is 0.162 e. The first-order valence-electron chi connectivity index (χ1n) is 8.04. The molecule has 118 valence electrons. The molecule has 3 unspecified atom stereocenters. The summed E-state index contributed by atoms with van der Waals surface area (Å²) in [5.74, 6) is 1.02. The Hall–Kier alpha value is -1.07. The zero-order chi connectivity index (χ0) is 15.1. The maximum atomic E-state index is 11.0. The molecule has 2 fully saturated rings. The van der Waals surface area contributed by atoms with E-state index in [0.29, 0.717) is 23.8 Å². The van der Waals surface area contributed by atoms with E-state index >= 15 is 0 Å². The third kappa shape index (κ3) is 2.46. The molecule has 0 aromatic carbocycles. The number of ether oxygens (including phenoxy) is 1. The van der Waals surface area contributed by atoms with E-state index in [0.717, 1.165) is 18.5 Å². The highest BCUT2D eigenvalue weighted by atomic mass is 16.5. The van der Waals surface area contributed by atoms with Gasteiger partial charge in [-0.3, -0.25) is 4.68 Å². The molecule has 2 aliphatic heterocycles. The summed E-state index contributed by atoms with van der Waals surface area (Å²) in [7, 11) is 3.88. The lowest BCUT2D eigenvalue weighted by Gasteiger charge is -2.38. The Bertz CT molecular complexity index is 486. The third-order valence-corrected chi connectivity index (χ3v) is 5.37. The Kier molecular flexibility index (Phi) is 3.97. The van der Waals surface area contributed by atoms with E-state index in [1.165, 1.54) is 12.8 Å². The van der Waals surface area contributed by atoms with E-state index < -0.39 is 6.10 Å². The number of aromatic nitrogens is 2. The minimum Gasteiger partial charge on any atom is -0.493 e. The fourth-order valence-corrected chi connectivity index (χ4v) is 4.14. The second-order valence-corrected chi connectivity index (χ2v) is 6.86. The van der Waals surface area contributed by atoms with Crippen molar-refractivity contribution < 1.29 is 9.84 Å². The molecule has 3 rings (SSSR count). The summed E-state index contributed by atoms with van der Waals surface area (Å²) in [6.45, 7) is 4.17. The smallest absolute Gasteiger partial charge is 0.162 e. The van der Waals surface area contributed by atoms with Crippen molar-refractivity contribution in [1.29, 1.82) is 0 Å². The topological polar surface area (TPSA) is 50.5 Å². The average molecular weight is 293 g/mol. The van der Waals surface area contributed by atoms with Gasteiger partial charge in [0, 0.05) is 18.1 Å². The zero-order valence-electron chi connectivity index (χ0n) is 13.5. The summed E-state index contributed by atoms with van der Waals surface area (Å²) >= 11 is 0. The van der Waals surface area contributed by atoms with Gasteiger partial charge in [0.2, 0.25) is 0 Å². The van der Waals surface area contributed by atoms with Crippen molar-refractivity contribution in [3.05, 3.63) is 11.9 Å². The molecule has 0 aliphatic carbocycles. The van der Waals surface area contributed by atoms with Gasteiger partial charge >= 0.3 is 0 Å². The summed E-state index contributed by atoms with van der Waals surface area (Å²) in [6, 6.07) is 1.48. The summed E-state index contributed by atoms with van der Waals surface area (Å²) in [4.78, 5) is 2.50. The summed E-state index contributed by atoms with van der Waals surface area (Å²) < 4.78 is 7.33. The highest BCUT2D eigenvalue weighted by Gasteiger charge is 2.42. The Labute approximate surface area is 126 Å². The van der Waals surface area contributed by atoms with Gasteiger partial charge in [0.1, 0.15) is 11.8 Å². The van der Waals surface area contributed by atoms with Gasteiger partial charge in [0.25, 0.3) is 0 Å². The van der Waals surface area contributed by atoms with Gasteiger partial charge in [-0.15, -0.1) is 0 Å². The molecule has 3 atom stereocenters. The van der Waals surface area contributed by atoms with Crippen molar-refractivity contribution in [2.45, 2.75) is 63.8 Å². The first-order valence-corrected chi connectivity index (χ1v) is 8.04. The van der Waals surface area contributed by atoms with Crippen molar-refractivity contribution >= 4 is 0 Å². The molecule has 0 spiro atoms. The predicted molar refractivity (Wildman–Crippen MR) is 81.4 cm³/mol. The second-order valence-electron chi connectivity index (χ2n) is 6.86. The molecule has 1 N–H and O–H groups in total. The number of hydrogen-bond acceptors (Lipinski definition) is 4. The lowest BCUT2D eigenvalue weighted by molar-refractivity contribution is 0.0287. The Morgan fingerprint density at radius 3 is 2.43 bits per heavy atom. The van der Waals surface area contributed by atoms with Crippen LogP contribution >= 0.6 is 0 Å². The van der Waals surface area contributed by atoms with Crippen LogP contribution in [0.5, 0.6) is 5.75 Å². The Morgan fingerprint density at radius 1 is 1.29 bits per heavy atom. The summed E-state index contributed by atoms with van der Waals surface area (Å²) in [6.07, 6.45) is 5.92. The molecule has 5 heteroatoms. The molecular weight excluding hydrogens is 266 g/mol. The van der Waals surface area contributed by atoms with E-state index in [4.69, 9.17) is 4.74 Å². The number of hydrogen-bond donors (Lipinski definition) is 1. The normalized spacial score (nSPS) is 30.9. The summed E-state index contributed by atoms with van der Waals surface area (Å²) in [5.41, 5.74) is 0.849. The van der Waals surface area contributed by atoms with Crippen LogP contribution in [0, 0.1) is 5.92 Å². The van der Waals surface area contributed by atoms with Gasteiger partial charge in [0.05, 0.1) is 13.3 Å². The van der Waals surface area contributed by atoms with Gasteiger partial charge in [0.15, 0.2) is 5.75 Å². The number of nitrogens with zero attached hydrogens (tertiary/aromatic N) is 3. The van der Waals surface area contributed by atoms with Crippen LogP contribution < -0.4 is 4.74 Å². The monoisotopic (exact) mass is 293 g/mol. The third-order valence-electron chi connectivity index (χ3n) is 5.37. The van der Waals surface area contributed by atoms with Gasteiger partial charge < -0.3 is 14.7 Å². The Balaban J connectivity index is 1.85. The maximum absolute atomic E-state index is 11.0. The lowest BCUT2D eigenvalue weighted by Crippen LogP contribution is -2.41. The molecule has 2 bridgehead atoms. The van der Waals surface area contributed by atoms with E-state index in [1.807, 2.05) is 4.68 Å². The highest BCUT2D eigenvalue weighted by molar-refractivity contribution is 5.28. The molecule has 21 heavy (non-hydrogen) atoms. The first-order chi connectivity index (χ1) is 10.0. The zero-order valence-corrected chi connectivity index (χ0v) is 13.5. The minimum atomic E-state index is -0.485. The molecular formula is C16H27N3O2. The van der Waals surface area contributed by atoms with Crippen molar-refractivity contribution in [3.63, 3.8) is 0 Å². The SMILES string of the molecule is COc1cnn(C(C)C)c1C(O)C1CC2CCC(C1)N2C. The summed E-state index contributed by atoms with van der Waals surface area (Å²) in [5, 5.41) is 15.4. The average Bonchev–Trinajstić information content (AvgIpc) is 2.95. The minimum absolute atomic E-state index is 0.224. The number of aliphatic hydroxyl groups excluding tert-OH is 1. The standard InChI is InChI=1S/C16H27N3O2/c1-10(2)19-15(14(21-4)9-17-19)16(20)11-7-12-5-6-13(8-11)18(12)3/h9-13,16,20H,5-8H2,1-4H3. The van der Waals surface area contributed by atoms with Crippen molar-refractivity contribution in [1.82, 2.24) is 14.7 Å². The van der Waals surface area contributed by atoms with Crippen LogP contribution in [-0.2, 0) is 0 Å². The van der Waals surface area contributed by atoms with Crippen LogP contribution in [0.3, 0.4) is 0 Å². The molecule has 0 radical (unpaired) electrons. The lowest BCUT2D eigenvalue weighted by atomic mass is 9.85. The van der Waals surface area contributed by atoms with Crippen LogP contribution in [-0.4, -0.2) is 46.0 Å². The predicted octanol–water partition coefficient (Wildman–Crippen LogP) is 2.38. The van der Waals surface area contributed by atoms with Crippen molar-refractivity contribution in [3.8, 4) is 5.75 Å². The van der Waals surface area contributed by atoms with Crippen LogP contribution in [0.15, 0.2) is 6.20 Å². The number of aliphatic hydroxyl groups is 1. The molecule has 1 aromatic heterocycles. The fourth-order valence-electron chi connectivity index (χ4n) is 4.14. The van der Waals surface area contributed by atoms with E-state index in [2.05, 4.69) is 30.9 Å². The molecule has 1 aromatic rings. The van der Waals surface area contributed by atoms with Gasteiger partial charge in [-0.25, -0.2) is 0 Å². The number of methoxy groups -OCH3 is 1. The molecule has 3 heterocycles. The molecule has 0 saturated carbocycles. The van der Waals surface area contributed by atoms with Crippen LogP contribution in [0.1, 0.15) is 57.4 Å². The van der Waals surface area contributed by atoms with Crippen LogP contribution in [0.25, 0.3) is 0 Å².